The molecule has 0 spiro atoms. The largest absolute Gasteiger partial charge is 0.356 e. The fourth-order valence-electron chi connectivity index (χ4n) is 3.74. The monoisotopic (exact) mass is 417 g/mol. The molecule has 0 atom stereocenters. The van der Waals surface area contributed by atoms with Gasteiger partial charge in [-0.25, -0.2) is 15.0 Å². The van der Waals surface area contributed by atoms with Gasteiger partial charge in [0, 0.05) is 35.6 Å². The van der Waals surface area contributed by atoms with Gasteiger partial charge in [0.1, 0.15) is 17.5 Å². The minimum Gasteiger partial charge on any atom is -0.356 e. The van der Waals surface area contributed by atoms with E-state index in [0.29, 0.717) is 0 Å². The first-order valence-electron chi connectivity index (χ1n) is 10.2. The number of rotatable bonds is 5. The third-order valence-electron chi connectivity index (χ3n) is 5.21. The second kappa shape index (κ2) is 8.23. The van der Waals surface area contributed by atoms with Gasteiger partial charge >= 0.3 is 0 Å². The number of fused-ring (bicyclic) bond motifs is 1. The molecule has 0 bridgehead atoms. The first-order chi connectivity index (χ1) is 14.7. The van der Waals surface area contributed by atoms with Crippen molar-refractivity contribution in [1.29, 1.82) is 0 Å². The lowest BCUT2D eigenvalue weighted by Gasteiger charge is -2.28. The van der Waals surface area contributed by atoms with Gasteiger partial charge in [-0.05, 0) is 43.9 Å². The minimum atomic E-state index is 0.769. The molecule has 7 nitrogen and oxygen atoms in total. The van der Waals surface area contributed by atoms with E-state index in [0.717, 1.165) is 57.0 Å². The van der Waals surface area contributed by atoms with Crippen molar-refractivity contribution in [3.8, 4) is 0 Å². The number of thiazole rings is 1. The summed E-state index contributed by atoms with van der Waals surface area (Å²) in [4.78, 5) is 17.1. The average molecular weight is 418 g/mol. The second-order valence-electron chi connectivity index (χ2n) is 7.41. The lowest BCUT2D eigenvalue weighted by Crippen LogP contribution is -2.30. The number of aryl methyl sites for hydroxylation is 1. The highest BCUT2D eigenvalue weighted by molar-refractivity contribution is 7.16. The zero-order chi connectivity index (χ0) is 20.3. The number of nitrogens with zero attached hydrogens (tertiary/aromatic N) is 5. The lowest BCUT2D eigenvalue weighted by atomic mass is 10.1. The molecule has 0 radical (unpaired) electrons. The predicted octanol–water partition coefficient (Wildman–Crippen LogP) is 5.02. The smallest absolute Gasteiger partial charge is 0.188 e. The number of aromatic nitrogens is 5. The van der Waals surface area contributed by atoms with Crippen molar-refractivity contribution < 1.29 is 0 Å². The molecule has 0 saturated carbocycles. The van der Waals surface area contributed by atoms with E-state index < -0.39 is 0 Å². The molecule has 4 heterocycles. The Labute approximate surface area is 178 Å². The second-order valence-corrected chi connectivity index (χ2v) is 8.47. The fourth-order valence-corrected chi connectivity index (χ4v) is 4.47. The Kier molecular flexibility index (Phi) is 5.15. The van der Waals surface area contributed by atoms with Crippen LogP contribution >= 0.6 is 11.3 Å². The van der Waals surface area contributed by atoms with Crippen LogP contribution in [-0.2, 0) is 0 Å². The van der Waals surface area contributed by atoms with Gasteiger partial charge in [-0.15, -0.1) is 0 Å². The summed E-state index contributed by atoms with van der Waals surface area (Å²) < 4.78 is 0. The van der Waals surface area contributed by atoms with E-state index in [1.54, 1.807) is 11.3 Å². The van der Waals surface area contributed by atoms with Crippen LogP contribution in [0.5, 0.6) is 0 Å². The molecule has 5 rings (SSSR count). The number of hydrogen-bond donors (Lipinski definition) is 2. The first-order valence-corrected chi connectivity index (χ1v) is 11.0. The molecule has 0 unspecified atom stereocenters. The number of benzene rings is 1. The molecular formula is C22H23N7S. The Hall–Kier alpha value is -3.26. The van der Waals surface area contributed by atoms with Crippen LogP contribution < -0.4 is 10.2 Å². The third kappa shape index (κ3) is 4.04. The Bertz CT molecular complexity index is 1190. The van der Waals surface area contributed by atoms with E-state index in [9.17, 15) is 0 Å². The van der Waals surface area contributed by atoms with E-state index in [-0.39, 0.29) is 0 Å². The summed E-state index contributed by atoms with van der Waals surface area (Å²) in [5.41, 5.74) is 2.16. The highest BCUT2D eigenvalue weighted by atomic mass is 32.1. The molecule has 0 aliphatic carbocycles. The quantitative estimate of drug-likeness (QED) is 0.474. The van der Waals surface area contributed by atoms with Gasteiger partial charge in [0.2, 0.25) is 0 Å². The van der Waals surface area contributed by atoms with E-state index in [4.69, 9.17) is 0 Å². The van der Waals surface area contributed by atoms with E-state index in [1.165, 1.54) is 19.3 Å². The van der Waals surface area contributed by atoms with Crippen molar-refractivity contribution in [2.45, 2.75) is 26.2 Å². The summed E-state index contributed by atoms with van der Waals surface area (Å²) in [5.74, 6) is 2.55. The van der Waals surface area contributed by atoms with Gasteiger partial charge in [-0.1, -0.05) is 29.5 Å². The molecule has 0 amide bonds. The van der Waals surface area contributed by atoms with Crippen molar-refractivity contribution in [3.05, 3.63) is 52.9 Å². The average Bonchev–Trinajstić information content (AvgIpc) is 3.42. The van der Waals surface area contributed by atoms with Crippen molar-refractivity contribution in [1.82, 2.24) is 25.1 Å². The molecule has 1 aliphatic rings. The number of aromatic amines is 1. The van der Waals surface area contributed by atoms with Crippen LogP contribution in [0.2, 0.25) is 0 Å². The number of hydrogen-bond acceptors (Lipinski definition) is 7. The minimum absolute atomic E-state index is 0.769. The van der Waals surface area contributed by atoms with Crippen LogP contribution in [0, 0.1) is 6.92 Å². The van der Waals surface area contributed by atoms with Gasteiger partial charge in [-0.2, -0.15) is 5.10 Å². The predicted molar refractivity (Wildman–Crippen MR) is 123 cm³/mol. The van der Waals surface area contributed by atoms with E-state index in [2.05, 4.69) is 53.6 Å². The molecule has 2 N–H and O–H groups in total. The fraction of sp³-hybridized carbons (Fsp3) is 0.273. The van der Waals surface area contributed by atoms with Crippen molar-refractivity contribution in [2.75, 3.05) is 23.3 Å². The Morgan fingerprint density at radius 1 is 1.10 bits per heavy atom. The Morgan fingerprint density at radius 2 is 2.00 bits per heavy atom. The van der Waals surface area contributed by atoms with Crippen LogP contribution in [0.1, 0.15) is 35.5 Å². The third-order valence-corrected chi connectivity index (χ3v) is 6.09. The van der Waals surface area contributed by atoms with E-state index in [1.807, 2.05) is 37.5 Å². The van der Waals surface area contributed by atoms with Gasteiger partial charge in [0.15, 0.2) is 5.13 Å². The van der Waals surface area contributed by atoms with Crippen molar-refractivity contribution in [3.63, 3.8) is 0 Å². The highest BCUT2D eigenvalue weighted by Crippen LogP contribution is 2.27. The van der Waals surface area contributed by atoms with Crippen LogP contribution in [0.4, 0.5) is 16.8 Å². The molecule has 1 aliphatic heterocycles. The molecule has 152 valence electrons. The maximum atomic E-state index is 4.63. The maximum absolute atomic E-state index is 4.63. The van der Waals surface area contributed by atoms with Crippen molar-refractivity contribution >= 4 is 51.2 Å². The lowest BCUT2D eigenvalue weighted by molar-refractivity contribution is 0.572. The van der Waals surface area contributed by atoms with Gasteiger partial charge in [0.25, 0.3) is 0 Å². The summed E-state index contributed by atoms with van der Waals surface area (Å²) >= 11 is 1.60. The van der Waals surface area contributed by atoms with Gasteiger partial charge in [-0.3, -0.25) is 5.10 Å². The summed E-state index contributed by atoms with van der Waals surface area (Å²) in [6.07, 6.45) is 11.6. The van der Waals surface area contributed by atoms with Crippen molar-refractivity contribution in [2.24, 2.45) is 0 Å². The number of piperidine rings is 1. The molecule has 8 heteroatoms. The highest BCUT2D eigenvalue weighted by Gasteiger charge is 2.14. The molecule has 4 aromatic rings. The molecule has 1 fully saturated rings. The first kappa shape index (κ1) is 18.7. The van der Waals surface area contributed by atoms with E-state index >= 15 is 0 Å². The van der Waals surface area contributed by atoms with Crippen LogP contribution in [-0.4, -0.2) is 38.2 Å². The summed E-state index contributed by atoms with van der Waals surface area (Å²) in [6, 6.07) is 8.16. The van der Waals surface area contributed by atoms with Crippen LogP contribution in [0.3, 0.4) is 0 Å². The summed E-state index contributed by atoms with van der Waals surface area (Å²) in [6.45, 7) is 4.06. The summed E-state index contributed by atoms with van der Waals surface area (Å²) in [7, 11) is 0. The molecule has 1 aromatic carbocycles. The Balaban J connectivity index is 1.32. The van der Waals surface area contributed by atoms with Gasteiger partial charge < -0.3 is 10.2 Å². The molecular weight excluding hydrogens is 394 g/mol. The number of anilines is 3. The molecule has 1 saturated heterocycles. The number of H-pyrrole nitrogens is 1. The SMILES string of the molecule is Cc1nc(Nc2ncc(/C=C/c3cccc4[nH]ncc34)s2)cc(N2CCCCC2)n1. The normalized spacial score (nSPS) is 14.6. The summed E-state index contributed by atoms with van der Waals surface area (Å²) in [5, 5.41) is 12.4. The van der Waals surface area contributed by atoms with Crippen LogP contribution in [0.25, 0.3) is 23.1 Å². The van der Waals surface area contributed by atoms with Crippen LogP contribution in [0.15, 0.2) is 36.7 Å². The maximum Gasteiger partial charge on any atom is 0.188 e. The van der Waals surface area contributed by atoms with Gasteiger partial charge in [0.05, 0.1) is 11.7 Å². The standard InChI is InChI=1S/C22H23N7S/c1-15-25-20(12-21(26-15)29-10-3-2-4-11-29)27-22-23-13-17(30-22)9-8-16-6-5-7-19-18(16)14-24-28-19/h5-9,12-14H,2-4,10-11H2,1H3,(H,24,28)(H,23,25,26,27)/b9-8+. The Morgan fingerprint density at radius 3 is 2.90 bits per heavy atom. The number of nitrogens with one attached hydrogen (secondary N) is 2. The zero-order valence-corrected chi connectivity index (χ0v) is 17.6. The molecule has 3 aromatic heterocycles. The zero-order valence-electron chi connectivity index (χ0n) is 16.8. The topological polar surface area (TPSA) is 82.6 Å². The molecule has 30 heavy (non-hydrogen) atoms.